The number of hydrogen-bond acceptors (Lipinski definition) is 5. The van der Waals surface area contributed by atoms with E-state index in [4.69, 9.17) is 9.47 Å². The van der Waals surface area contributed by atoms with Crippen molar-refractivity contribution in [3.63, 3.8) is 0 Å². The Kier molecular flexibility index (Phi) is 6.12. The third kappa shape index (κ3) is 3.61. The molecule has 0 saturated carbocycles. The van der Waals surface area contributed by atoms with E-state index in [1.54, 1.807) is 12.3 Å². The highest BCUT2D eigenvalue weighted by molar-refractivity contribution is 9.10. The SMILES string of the molecule is C=CCc1c2c3c(cccc3n1C)[C@@]1(OC)C[C@@H](COC(=O)c3cncc(Br)c3)CN(C)[C@@H]1C2. The number of rotatable bonds is 6. The molecule has 6 nitrogen and oxygen atoms in total. The van der Waals surface area contributed by atoms with Gasteiger partial charge < -0.3 is 14.0 Å². The van der Waals surface area contributed by atoms with Crippen LogP contribution in [0.25, 0.3) is 10.9 Å². The number of pyridine rings is 1. The molecular formula is C27H30BrN3O3. The summed E-state index contributed by atoms with van der Waals surface area (Å²) in [7, 11) is 6.12. The van der Waals surface area contributed by atoms with Crippen LogP contribution in [0.3, 0.4) is 0 Å². The van der Waals surface area contributed by atoms with E-state index < -0.39 is 5.60 Å². The average Bonchev–Trinajstić information content (AvgIpc) is 3.10. The maximum Gasteiger partial charge on any atom is 0.339 e. The number of aromatic nitrogens is 2. The fourth-order valence-corrected chi connectivity index (χ4v) is 6.53. The Labute approximate surface area is 208 Å². The lowest BCUT2D eigenvalue weighted by atomic mass is 9.68. The number of carbonyl (C=O) groups excluding carboxylic acids is 1. The van der Waals surface area contributed by atoms with E-state index in [2.05, 4.69) is 69.3 Å². The second-order valence-electron chi connectivity index (χ2n) is 9.49. The van der Waals surface area contributed by atoms with Gasteiger partial charge >= 0.3 is 5.97 Å². The highest BCUT2D eigenvalue weighted by atomic mass is 79.9. The third-order valence-corrected chi connectivity index (χ3v) is 8.05. The molecule has 1 saturated heterocycles. The van der Waals surface area contributed by atoms with Crippen molar-refractivity contribution in [1.82, 2.24) is 14.5 Å². The number of fused-ring (bicyclic) bond motifs is 2. The number of aryl methyl sites for hydroxylation is 1. The fourth-order valence-electron chi connectivity index (χ4n) is 6.16. The second kappa shape index (κ2) is 8.95. The molecule has 3 aromatic rings. The highest BCUT2D eigenvalue weighted by Gasteiger charge is 2.52. The van der Waals surface area contributed by atoms with Crippen LogP contribution in [-0.4, -0.2) is 53.8 Å². The molecule has 7 heteroatoms. The van der Waals surface area contributed by atoms with Crippen molar-refractivity contribution in [3.05, 3.63) is 76.2 Å². The Hall–Kier alpha value is -2.48. The molecular weight excluding hydrogens is 494 g/mol. The summed E-state index contributed by atoms with van der Waals surface area (Å²) in [5.41, 5.74) is 5.20. The van der Waals surface area contributed by atoms with E-state index in [1.807, 2.05) is 13.2 Å². The van der Waals surface area contributed by atoms with Crippen molar-refractivity contribution < 1.29 is 14.3 Å². The molecule has 1 aliphatic carbocycles. The molecule has 0 N–H and O–H groups in total. The largest absolute Gasteiger partial charge is 0.462 e. The number of nitrogens with zero attached hydrogens (tertiary/aromatic N) is 3. The number of methoxy groups -OCH3 is 1. The molecule has 2 aliphatic rings. The van der Waals surface area contributed by atoms with Gasteiger partial charge in [0.2, 0.25) is 0 Å². The van der Waals surface area contributed by atoms with E-state index in [0.29, 0.717) is 12.2 Å². The molecule has 1 aliphatic heterocycles. The zero-order valence-corrected chi connectivity index (χ0v) is 21.5. The van der Waals surface area contributed by atoms with Crippen LogP contribution in [-0.2, 0) is 35.0 Å². The maximum absolute atomic E-state index is 12.6. The van der Waals surface area contributed by atoms with E-state index in [-0.39, 0.29) is 17.9 Å². The number of likely N-dealkylation sites (N-methyl/N-ethyl adjacent to an activating group) is 1. The Morgan fingerprint density at radius 3 is 2.91 bits per heavy atom. The van der Waals surface area contributed by atoms with Gasteiger partial charge in [-0.1, -0.05) is 18.2 Å². The van der Waals surface area contributed by atoms with Gasteiger partial charge in [0.25, 0.3) is 0 Å². The molecule has 1 fully saturated rings. The van der Waals surface area contributed by atoms with Gasteiger partial charge in [-0.25, -0.2) is 4.79 Å². The number of halogens is 1. The van der Waals surface area contributed by atoms with Gasteiger partial charge in [0.1, 0.15) is 5.60 Å². The van der Waals surface area contributed by atoms with E-state index in [9.17, 15) is 4.79 Å². The third-order valence-electron chi connectivity index (χ3n) is 7.61. The molecule has 0 amide bonds. The zero-order valence-electron chi connectivity index (χ0n) is 19.9. The summed E-state index contributed by atoms with van der Waals surface area (Å²) in [6.07, 6.45) is 7.74. The zero-order chi connectivity index (χ0) is 24.0. The topological polar surface area (TPSA) is 56.6 Å². The van der Waals surface area contributed by atoms with Crippen LogP contribution < -0.4 is 0 Å². The number of carbonyl (C=O) groups is 1. The lowest BCUT2D eigenvalue weighted by Crippen LogP contribution is -2.60. The van der Waals surface area contributed by atoms with E-state index in [0.717, 1.165) is 30.3 Å². The molecule has 3 heterocycles. The first-order chi connectivity index (χ1) is 16.4. The number of likely N-dealkylation sites (tertiary alicyclic amines) is 1. The molecule has 5 rings (SSSR count). The van der Waals surface area contributed by atoms with Crippen LogP contribution in [0.5, 0.6) is 0 Å². The summed E-state index contributed by atoms with van der Waals surface area (Å²) in [5, 5.41) is 1.31. The Morgan fingerprint density at radius 2 is 2.18 bits per heavy atom. The fraction of sp³-hybridized carbons (Fsp3) is 0.407. The van der Waals surface area contributed by atoms with Crippen LogP contribution in [0.4, 0.5) is 0 Å². The summed E-state index contributed by atoms with van der Waals surface area (Å²) in [6.45, 7) is 5.17. The minimum Gasteiger partial charge on any atom is -0.462 e. The van der Waals surface area contributed by atoms with Crippen LogP contribution >= 0.6 is 15.9 Å². The molecule has 0 spiro atoms. The Balaban J connectivity index is 1.48. The number of ether oxygens (including phenoxy) is 2. The Morgan fingerprint density at radius 1 is 1.35 bits per heavy atom. The van der Waals surface area contributed by atoms with Crippen LogP contribution in [0.1, 0.15) is 33.6 Å². The van der Waals surface area contributed by atoms with Gasteiger partial charge in [0.15, 0.2) is 0 Å². The smallest absolute Gasteiger partial charge is 0.339 e. The van der Waals surface area contributed by atoms with Gasteiger partial charge in [0.05, 0.1) is 12.2 Å². The van der Waals surface area contributed by atoms with Crippen molar-refractivity contribution >= 4 is 32.8 Å². The van der Waals surface area contributed by atoms with Crippen molar-refractivity contribution in [2.45, 2.75) is 30.9 Å². The first-order valence-corrected chi connectivity index (χ1v) is 12.4. The number of esters is 1. The Bertz CT molecular complexity index is 1270. The minimum absolute atomic E-state index is 0.151. The quantitative estimate of drug-likeness (QED) is 0.348. The molecule has 1 aromatic carbocycles. The normalized spacial score (nSPS) is 24.1. The number of hydrogen-bond donors (Lipinski definition) is 0. The molecule has 3 atom stereocenters. The minimum atomic E-state index is -0.458. The van der Waals surface area contributed by atoms with Crippen molar-refractivity contribution in [2.24, 2.45) is 13.0 Å². The molecule has 0 radical (unpaired) electrons. The number of benzene rings is 1. The van der Waals surface area contributed by atoms with Crippen LogP contribution in [0, 0.1) is 5.92 Å². The summed E-state index contributed by atoms with van der Waals surface area (Å²) >= 11 is 3.36. The van der Waals surface area contributed by atoms with Gasteiger partial charge in [-0.2, -0.15) is 0 Å². The maximum atomic E-state index is 12.6. The molecule has 34 heavy (non-hydrogen) atoms. The lowest BCUT2D eigenvalue weighted by Gasteiger charge is -2.53. The van der Waals surface area contributed by atoms with Crippen LogP contribution in [0.15, 0.2) is 53.8 Å². The molecule has 2 aromatic heterocycles. The summed E-state index contributed by atoms with van der Waals surface area (Å²) in [6, 6.07) is 8.48. The van der Waals surface area contributed by atoms with E-state index >= 15 is 0 Å². The number of allylic oxidation sites excluding steroid dienone is 1. The van der Waals surface area contributed by atoms with Gasteiger partial charge in [-0.15, -0.1) is 6.58 Å². The lowest BCUT2D eigenvalue weighted by molar-refractivity contribution is -0.131. The summed E-state index contributed by atoms with van der Waals surface area (Å²) < 4.78 is 15.2. The standard InChI is InChI=1S/C27H30BrN3O3/c1-5-7-22-20-11-24-27(33-4,21-8-6-9-23(25(20)21)31(22)3)12-17(15-30(24)2)16-34-26(32)18-10-19(28)14-29-13-18/h5-6,8-10,13-14,17,24H,1,7,11-12,15-16H2,2-4H3/t17-,24-,27+/m1/s1. The van der Waals surface area contributed by atoms with Gasteiger partial charge in [-0.05, 0) is 59.1 Å². The second-order valence-corrected chi connectivity index (χ2v) is 10.4. The van der Waals surface area contributed by atoms with Crippen molar-refractivity contribution in [2.75, 3.05) is 27.3 Å². The van der Waals surface area contributed by atoms with Crippen LogP contribution in [0.2, 0.25) is 0 Å². The van der Waals surface area contributed by atoms with E-state index in [1.165, 1.54) is 33.9 Å². The predicted octanol–water partition coefficient (Wildman–Crippen LogP) is 4.64. The average molecular weight is 524 g/mol. The summed E-state index contributed by atoms with van der Waals surface area (Å²) in [4.78, 5) is 19.1. The van der Waals surface area contributed by atoms with Crippen molar-refractivity contribution in [1.29, 1.82) is 0 Å². The number of piperidine rings is 1. The van der Waals surface area contributed by atoms with Gasteiger partial charge in [-0.3, -0.25) is 9.88 Å². The first-order valence-electron chi connectivity index (χ1n) is 11.6. The molecule has 178 valence electrons. The summed E-state index contributed by atoms with van der Waals surface area (Å²) in [5.74, 6) is -0.200. The first kappa shape index (κ1) is 23.3. The van der Waals surface area contributed by atoms with Gasteiger partial charge in [0, 0.05) is 72.5 Å². The van der Waals surface area contributed by atoms with Crippen molar-refractivity contribution in [3.8, 4) is 0 Å². The predicted molar refractivity (Wildman–Crippen MR) is 136 cm³/mol. The highest BCUT2D eigenvalue weighted by Crippen LogP contribution is 2.50. The monoisotopic (exact) mass is 523 g/mol. The molecule has 0 unspecified atom stereocenters. The molecule has 0 bridgehead atoms.